The molecule has 0 aliphatic carbocycles. The SMILES string of the molecule is CCN1CCCC(CN)(N(CC(C)C)C(C)C)CC1. The van der Waals surface area contributed by atoms with E-state index in [2.05, 4.69) is 44.4 Å². The van der Waals surface area contributed by atoms with Gasteiger partial charge in [-0.1, -0.05) is 20.8 Å². The van der Waals surface area contributed by atoms with Gasteiger partial charge < -0.3 is 10.6 Å². The zero-order valence-electron chi connectivity index (χ0n) is 13.8. The molecule has 1 heterocycles. The Morgan fingerprint density at radius 3 is 2.32 bits per heavy atom. The highest BCUT2D eigenvalue weighted by Gasteiger charge is 2.38. The van der Waals surface area contributed by atoms with Gasteiger partial charge in [-0.2, -0.15) is 0 Å². The Hall–Kier alpha value is -0.120. The summed E-state index contributed by atoms with van der Waals surface area (Å²) in [4.78, 5) is 5.27. The fourth-order valence-electron chi connectivity index (χ4n) is 3.51. The number of nitrogens with zero attached hydrogens (tertiary/aromatic N) is 2. The van der Waals surface area contributed by atoms with Crippen molar-refractivity contribution in [2.24, 2.45) is 11.7 Å². The molecule has 19 heavy (non-hydrogen) atoms. The van der Waals surface area contributed by atoms with Crippen LogP contribution in [0.5, 0.6) is 0 Å². The van der Waals surface area contributed by atoms with E-state index in [-0.39, 0.29) is 5.54 Å². The zero-order chi connectivity index (χ0) is 14.5. The summed E-state index contributed by atoms with van der Waals surface area (Å²) in [5.41, 5.74) is 6.47. The largest absolute Gasteiger partial charge is 0.329 e. The molecule has 0 aromatic carbocycles. The minimum atomic E-state index is 0.225. The van der Waals surface area contributed by atoms with Crippen LogP contribution < -0.4 is 5.73 Å². The molecular weight excluding hydrogens is 234 g/mol. The zero-order valence-corrected chi connectivity index (χ0v) is 13.8. The number of rotatable bonds is 6. The second-order valence-corrected chi connectivity index (χ2v) is 6.86. The van der Waals surface area contributed by atoms with Gasteiger partial charge in [-0.05, 0) is 58.7 Å². The van der Waals surface area contributed by atoms with E-state index in [1.54, 1.807) is 0 Å². The van der Waals surface area contributed by atoms with E-state index < -0.39 is 0 Å². The number of nitrogens with two attached hydrogens (primary N) is 1. The summed E-state index contributed by atoms with van der Waals surface area (Å²) in [6.07, 6.45) is 3.76. The van der Waals surface area contributed by atoms with Crippen molar-refractivity contribution in [3.05, 3.63) is 0 Å². The molecular formula is C16H35N3. The van der Waals surface area contributed by atoms with Gasteiger partial charge in [-0.25, -0.2) is 0 Å². The topological polar surface area (TPSA) is 32.5 Å². The molecule has 1 aliphatic rings. The third-order valence-electron chi connectivity index (χ3n) is 4.63. The fraction of sp³-hybridized carbons (Fsp3) is 1.00. The Balaban J connectivity index is 2.86. The van der Waals surface area contributed by atoms with Crippen LogP contribution in [0.15, 0.2) is 0 Å². The second-order valence-electron chi connectivity index (χ2n) is 6.86. The Kier molecular flexibility index (Phi) is 6.78. The molecule has 3 heteroatoms. The summed E-state index contributed by atoms with van der Waals surface area (Å²) < 4.78 is 0. The van der Waals surface area contributed by atoms with Gasteiger partial charge in [-0.3, -0.25) is 4.90 Å². The van der Waals surface area contributed by atoms with Crippen molar-refractivity contribution in [3.63, 3.8) is 0 Å². The molecule has 1 atom stereocenters. The minimum absolute atomic E-state index is 0.225. The molecule has 1 fully saturated rings. The molecule has 114 valence electrons. The average Bonchev–Trinajstić information content (AvgIpc) is 2.58. The lowest BCUT2D eigenvalue weighted by atomic mass is 9.86. The highest BCUT2D eigenvalue weighted by molar-refractivity contribution is 4.96. The molecule has 3 nitrogen and oxygen atoms in total. The maximum absolute atomic E-state index is 6.25. The molecule has 0 saturated carbocycles. The normalized spacial score (nSPS) is 26.4. The van der Waals surface area contributed by atoms with E-state index in [4.69, 9.17) is 5.73 Å². The van der Waals surface area contributed by atoms with Crippen molar-refractivity contribution in [1.82, 2.24) is 9.80 Å². The quantitative estimate of drug-likeness (QED) is 0.804. The fourth-order valence-corrected chi connectivity index (χ4v) is 3.51. The van der Waals surface area contributed by atoms with Crippen molar-refractivity contribution in [1.29, 1.82) is 0 Å². The highest BCUT2D eigenvalue weighted by atomic mass is 15.2. The van der Waals surface area contributed by atoms with Crippen LogP contribution in [-0.4, -0.2) is 54.1 Å². The standard InChI is InChI=1S/C16H35N3/c1-6-18-10-7-8-16(13-17,9-11-18)19(15(4)5)12-14(2)3/h14-15H,6-13,17H2,1-5H3. The van der Waals surface area contributed by atoms with Crippen LogP contribution in [0.3, 0.4) is 0 Å². The lowest BCUT2D eigenvalue weighted by molar-refractivity contribution is 0.0371. The van der Waals surface area contributed by atoms with Gasteiger partial charge in [0.1, 0.15) is 0 Å². The molecule has 0 aromatic heterocycles. The smallest absolute Gasteiger partial charge is 0.0347 e. The van der Waals surface area contributed by atoms with Crippen LogP contribution in [-0.2, 0) is 0 Å². The van der Waals surface area contributed by atoms with Crippen LogP contribution in [0.25, 0.3) is 0 Å². The van der Waals surface area contributed by atoms with Crippen molar-refractivity contribution in [2.45, 2.75) is 65.5 Å². The summed E-state index contributed by atoms with van der Waals surface area (Å²) in [6.45, 7) is 17.1. The summed E-state index contributed by atoms with van der Waals surface area (Å²) in [5, 5.41) is 0. The molecule has 0 amide bonds. The Morgan fingerprint density at radius 2 is 1.84 bits per heavy atom. The van der Waals surface area contributed by atoms with E-state index in [0.717, 1.165) is 6.54 Å². The van der Waals surface area contributed by atoms with E-state index in [1.165, 1.54) is 45.4 Å². The maximum Gasteiger partial charge on any atom is 0.0347 e. The van der Waals surface area contributed by atoms with Crippen LogP contribution >= 0.6 is 0 Å². The first-order valence-corrected chi connectivity index (χ1v) is 8.14. The van der Waals surface area contributed by atoms with Crippen molar-refractivity contribution >= 4 is 0 Å². The highest BCUT2D eigenvalue weighted by Crippen LogP contribution is 2.30. The number of hydrogen-bond acceptors (Lipinski definition) is 3. The molecule has 0 aromatic rings. The summed E-state index contributed by atoms with van der Waals surface area (Å²) in [6, 6.07) is 0.583. The molecule has 1 saturated heterocycles. The maximum atomic E-state index is 6.25. The third kappa shape index (κ3) is 4.44. The molecule has 0 spiro atoms. The summed E-state index contributed by atoms with van der Waals surface area (Å²) in [5.74, 6) is 0.705. The van der Waals surface area contributed by atoms with E-state index in [9.17, 15) is 0 Å². The van der Waals surface area contributed by atoms with Gasteiger partial charge in [-0.15, -0.1) is 0 Å². The first-order valence-electron chi connectivity index (χ1n) is 8.14. The molecule has 1 rings (SSSR count). The van der Waals surface area contributed by atoms with Gasteiger partial charge in [0.05, 0.1) is 0 Å². The summed E-state index contributed by atoms with van der Waals surface area (Å²) >= 11 is 0. The monoisotopic (exact) mass is 269 g/mol. The van der Waals surface area contributed by atoms with E-state index in [0.29, 0.717) is 12.0 Å². The lowest BCUT2D eigenvalue weighted by Gasteiger charge is -2.46. The van der Waals surface area contributed by atoms with Crippen LogP contribution in [0, 0.1) is 5.92 Å². The Morgan fingerprint density at radius 1 is 1.16 bits per heavy atom. The van der Waals surface area contributed by atoms with Crippen LogP contribution in [0.1, 0.15) is 53.9 Å². The Labute approximate surface area is 120 Å². The van der Waals surface area contributed by atoms with Gasteiger partial charge >= 0.3 is 0 Å². The van der Waals surface area contributed by atoms with Gasteiger partial charge in [0.25, 0.3) is 0 Å². The minimum Gasteiger partial charge on any atom is -0.329 e. The molecule has 1 aliphatic heterocycles. The first kappa shape index (κ1) is 16.9. The molecule has 2 N–H and O–H groups in total. The predicted molar refractivity (Wildman–Crippen MR) is 84.4 cm³/mol. The molecule has 0 bridgehead atoms. The predicted octanol–water partition coefficient (Wildman–Crippen LogP) is 2.56. The van der Waals surface area contributed by atoms with E-state index in [1.807, 2.05) is 0 Å². The molecule has 0 radical (unpaired) electrons. The van der Waals surface area contributed by atoms with Crippen molar-refractivity contribution in [2.75, 3.05) is 32.7 Å². The van der Waals surface area contributed by atoms with Gasteiger partial charge in [0, 0.05) is 24.7 Å². The van der Waals surface area contributed by atoms with Gasteiger partial charge in [0.15, 0.2) is 0 Å². The number of hydrogen-bond donors (Lipinski definition) is 1. The third-order valence-corrected chi connectivity index (χ3v) is 4.63. The molecule has 1 unspecified atom stereocenters. The Bertz CT molecular complexity index is 252. The second kappa shape index (κ2) is 7.61. The van der Waals surface area contributed by atoms with Crippen LogP contribution in [0.2, 0.25) is 0 Å². The van der Waals surface area contributed by atoms with Crippen molar-refractivity contribution in [3.8, 4) is 0 Å². The van der Waals surface area contributed by atoms with E-state index >= 15 is 0 Å². The van der Waals surface area contributed by atoms with Crippen LogP contribution in [0.4, 0.5) is 0 Å². The summed E-state index contributed by atoms with van der Waals surface area (Å²) in [7, 11) is 0. The van der Waals surface area contributed by atoms with Gasteiger partial charge in [0.2, 0.25) is 0 Å². The number of likely N-dealkylation sites (tertiary alicyclic amines) is 1. The average molecular weight is 269 g/mol. The van der Waals surface area contributed by atoms with Crippen molar-refractivity contribution < 1.29 is 0 Å². The lowest BCUT2D eigenvalue weighted by Crippen LogP contribution is -2.58. The first-order chi connectivity index (χ1) is 8.95.